The molecule has 10 heteroatoms. The lowest BCUT2D eigenvalue weighted by Gasteiger charge is -2.17. The number of rotatable bonds is 13. The maximum Gasteiger partial charge on any atom is 0.446 e. The Balaban J connectivity index is 1.54. The minimum absolute atomic E-state index is 0.136. The van der Waals surface area contributed by atoms with Crippen molar-refractivity contribution in [3.05, 3.63) is 63.6 Å². The molecule has 0 saturated heterocycles. The van der Waals surface area contributed by atoms with E-state index in [1.807, 2.05) is 6.20 Å². The van der Waals surface area contributed by atoms with Gasteiger partial charge in [-0.15, -0.1) is 11.3 Å². The number of ether oxygens (including phenoxy) is 3. The molecular formula is C26H31F3N2O3S2. The van der Waals surface area contributed by atoms with Gasteiger partial charge in [0.15, 0.2) is 0 Å². The maximum atomic E-state index is 12.5. The Bertz CT molecular complexity index is 1080. The Labute approximate surface area is 218 Å². The number of alkyl halides is 3. The summed E-state index contributed by atoms with van der Waals surface area (Å²) in [6.07, 6.45) is 3.91. The smallest absolute Gasteiger partial charge is 0.446 e. The highest BCUT2D eigenvalue weighted by Gasteiger charge is 2.29. The number of aromatic nitrogens is 1. The number of thiazole rings is 1. The third-order valence-corrected chi connectivity index (χ3v) is 7.13. The van der Waals surface area contributed by atoms with E-state index in [-0.39, 0.29) is 23.3 Å². The Morgan fingerprint density at radius 3 is 2.31 bits per heavy atom. The van der Waals surface area contributed by atoms with E-state index in [9.17, 15) is 13.2 Å². The maximum absolute atomic E-state index is 12.5. The van der Waals surface area contributed by atoms with Crippen LogP contribution in [0.4, 0.5) is 13.2 Å². The molecule has 3 aromatic rings. The number of aryl methyl sites for hydroxylation is 1. The summed E-state index contributed by atoms with van der Waals surface area (Å²) in [4.78, 5) is 5.82. The van der Waals surface area contributed by atoms with Crippen LogP contribution in [0.15, 0.2) is 47.5 Å². The van der Waals surface area contributed by atoms with E-state index in [1.54, 1.807) is 49.8 Å². The number of hydrogen-bond acceptors (Lipinski definition) is 7. The fourth-order valence-electron chi connectivity index (χ4n) is 3.63. The Morgan fingerprint density at radius 1 is 1.08 bits per heavy atom. The van der Waals surface area contributed by atoms with Gasteiger partial charge < -0.3 is 19.5 Å². The van der Waals surface area contributed by atoms with Gasteiger partial charge in [-0.2, -0.15) is 13.2 Å². The van der Waals surface area contributed by atoms with Crippen LogP contribution in [0.5, 0.6) is 17.2 Å². The zero-order valence-electron chi connectivity index (χ0n) is 20.8. The molecule has 0 aliphatic carbocycles. The largest absolute Gasteiger partial charge is 0.496 e. The van der Waals surface area contributed by atoms with Crippen LogP contribution in [0, 0.1) is 12.8 Å². The normalized spacial score (nSPS) is 12.4. The second kappa shape index (κ2) is 13.2. The number of benzene rings is 2. The van der Waals surface area contributed by atoms with Crippen molar-refractivity contribution in [2.24, 2.45) is 5.92 Å². The van der Waals surface area contributed by atoms with Gasteiger partial charge in [-0.3, -0.25) is 0 Å². The third kappa shape index (κ3) is 8.90. The molecule has 0 unspecified atom stereocenters. The Hall–Kier alpha value is -2.43. The first kappa shape index (κ1) is 28.1. The van der Waals surface area contributed by atoms with Crippen LogP contribution >= 0.6 is 23.1 Å². The average molecular weight is 541 g/mol. The summed E-state index contributed by atoms with van der Waals surface area (Å²) in [5.41, 5.74) is -2.66. The van der Waals surface area contributed by atoms with Crippen molar-refractivity contribution in [2.75, 3.05) is 20.8 Å². The van der Waals surface area contributed by atoms with E-state index in [1.165, 1.54) is 22.0 Å². The summed E-state index contributed by atoms with van der Waals surface area (Å²) in [6.45, 7) is 5.93. The molecule has 0 radical (unpaired) electrons. The molecular weight excluding hydrogens is 509 g/mol. The zero-order chi connectivity index (χ0) is 26.1. The van der Waals surface area contributed by atoms with Gasteiger partial charge in [-0.05, 0) is 55.3 Å². The van der Waals surface area contributed by atoms with Gasteiger partial charge in [0.25, 0.3) is 0 Å². The molecule has 0 fully saturated rings. The molecule has 3 rings (SSSR count). The first-order valence-corrected chi connectivity index (χ1v) is 13.1. The standard InChI is InChI=1S/C26H31F3N2O3S2/c1-17(11-25-31-14-18(2)35-25)9-10-30-15-22-23(32-3)12-20(13-24(22)33-4)34-16-19-5-7-21(8-6-19)36-26(27,28)29/h5-8,12-14,17,30H,9-11,15-16H2,1-4H3/t17-/m0/s1. The molecule has 0 aliphatic rings. The van der Waals surface area contributed by atoms with Crippen molar-refractivity contribution in [1.82, 2.24) is 10.3 Å². The van der Waals surface area contributed by atoms with E-state index in [2.05, 4.69) is 24.1 Å². The fraction of sp³-hybridized carbons (Fsp3) is 0.423. The van der Waals surface area contributed by atoms with Gasteiger partial charge in [0, 0.05) is 41.1 Å². The SMILES string of the molecule is COc1cc(OCc2ccc(SC(F)(F)F)cc2)cc(OC)c1CNCC[C@H](C)Cc1ncc(C)s1. The molecule has 0 saturated carbocycles. The minimum atomic E-state index is -4.30. The second-order valence-electron chi connectivity index (χ2n) is 8.43. The van der Waals surface area contributed by atoms with Crippen LogP contribution in [0.25, 0.3) is 0 Å². The zero-order valence-corrected chi connectivity index (χ0v) is 22.4. The van der Waals surface area contributed by atoms with Gasteiger partial charge in [-0.25, -0.2) is 4.98 Å². The lowest BCUT2D eigenvalue weighted by atomic mass is 10.0. The molecule has 5 nitrogen and oxygen atoms in total. The summed E-state index contributed by atoms with van der Waals surface area (Å²) in [6, 6.07) is 9.70. The van der Waals surface area contributed by atoms with E-state index < -0.39 is 5.51 Å². The molecule has 0 spiro atoms. The van der Waals surface area contributed by atoms with Crippen molar-refractivity contribution in [2.45, 2.75) is 50.2 Å². The van der Waals surface area contributed by atoms with Crippen LogP contribution in [0.1, 0.15) is 34.4 Å². The Morgan fingerprint density at radius 2 is 1.75 bits per heavy atom. The average Bonchev–Trinajstić information content (AvgIpc) is 3.24. The third-order valence-electron chi connectivity index (χ3n) is 5.45. The number of halogens is 3. The Kier molecular flexibility index (Phi) is 10.3. The summed E-state index contributed by atoms with van der Waals surface area (Å²) in [5, 5.41) is 4.65. The topological polar surface area (TPSA) is 52.6 Å². The predicted molar refractivity (Wildman–Crippen MR) is 138 cm³/mol. The molecule has 1 heterocycles. The highest BCUT2D eigenvalue weighted by molar-refractivity contribution is 8.00. The van der Waals surface area contributed by atoms with Gasteiger partial charge in [0.1, 0.15) is 23.9 Å². The highest BCUT2D eigenvalue weighted by Crippen LogP contribution is 2.37. The predicted octanol–water partition coefficient (Wildman–Crippen LogP) is 7.02. The lowest BCUT2D eigenvalue weighted by molar-refractivity contribution is -0.0328. The van der Waals surface area contributed by atoms with Crippen LogP contribution in [0.2, 0.25) is 0 Å². The first-order chi connectivity index (χ1) is 17.2. The molecule has 2 aromatic carbocycles. The van der Waals surface area contributed by atoms with Gasteiger partial charge >= 0.3 is 5.51 Å². The van der Waals surface area contributed by atoms with Crippen LogP contribution in [-0.4, -0.2) is 31.3 Å². The van der Waals surface area contributed by atoms with E-state index >= 15 is 0 Å². The molecule has 0 amide bonds. The molecule has 0 aliphatic heterocycles. The number of nitrogens with zero attached hydrogens (tertiary/aromatic N) is 1. The quantitative estimate of drug-likeness (QED) is 0.186. The van der Waals surface area contributed by atoms with Crippen LogP contribution < -0.4 is 19.5 Å². The minimum Gasteiger partial charge on any atom is -0.496 e. The number of hydrogen-bond donors (Lipinski definition) is 1. The van der Waals surface area contributed by atoms with Gasteiger partial charge in [0.05, 0.1) is 24.8 Å². The van der Waals surface area contributed by atoms with Crippen LogP contribution in [0.3, 0.4) is 0 Å². The second-order valence-corrected chi connectivity index (χ2v) is 10.9. The van der Waals surface area contributed by atoms with Crippen molar-refractivity contribution >= 4 is 23.1 Å². The summed E-state index contributed by atoms with van der Waals surface area (Å²) >= 11 is 1.61. The highest BCUT2D eigenvalue weighted by atomic mass is 32.2. The number of nitrogens with one attached hydrogen (secondary N) is 1. The monoisotopic (exact) mass is 540 g/mol. The van der Waals surface area contributed by atoms with Crippen molar-refractivity contribution in [1.29, 1.82) is 0 Å². The fourth-order valence-corrected chi connectivity index (χ4v) is 5.12. The van der Waals surface area contributed by atoms with Gasteiger partial charge in [-0.1, -0.05) is 19.1 Å². The van der Waals surface area contributed by atoms with Crippen molar-refractivity contribution in [3.63, 3.8) is 0 Å². The molecule has 36 heavy (non-hydrogen) atoms. The van der Waals surface area contributed by atoms with Crippen molar-refractivity contribution < 1.29 is 27.4 Å². The van der Waals surface area contributed by atoms with E-state index in [0.29, 0.717) is 29.7 Å². The number of methoxy groups -OCH3 is 2. The van der Waals surface area contributed by atoms with Crippen LogP contribution in [-0.2, 0) is 19.6 Å². The molecule has 0 bridgehead atoms. The molecule has 1 aromatic heterocycles. The van der Waals surface area contributed by atoms with E-state index in [0.717, 1.165) is 30.5 Å². The van der Waals surface area contributed by atoms with Gasteiger partial charge in [0.2, 0.25) is 0 Å². The summed E-state index contributed by atoms with van der Waals surface area (Å²) in [5.74, 6) is 2.34. The lowest BCUT2D eigenvalue weighted by Crippen LogP contribution is -2.18. The first-order valence-electron chi connectivity index (χ1n) is 11.5. The molecule has 1 atom stereocenters. The molecule has 196 valence electrons. The summed E-state index contributed by atoms with van der Waals surface area (Å²) in [7, 11) is 3.19. The molecule has 1 N–H and O–H groups in total. The van der Waals surface area contributed by atoms with Crippen molar-refractivity contribution in [3.8, 4) is 17.2 Å². The van der Waals surface area contributed by atoms with E-state index in [4.69, 9.17) is 14.2 Å². The summed E-state index contributed by atoms with van der Waals surface area (Å²) < 4.78 is 54.6. The number of thioether (sulfide) groups is 1.